The molecule has 0 saturated heterocycles. The van der Waals surface area contributed by atoms with Gasteiger partial charge in [-0.2, -0.15) is 0 Å². The normalized spacial score (nSPS) is 15.4. The van der Waals surface area contributed by atoms with Gasteiger partial charge in [0.1, 0.15) is 12.2 Å². The van der Waals surface area contributed by atoms with E-state index in [4.69, 9.17) is 0 Å². The summed E-state index contributed by atoms with van der Waals surface area (Å²) in [6, 6.07) is 12.6. The highest BCUT2D eigenvalue weighted by Crippen LogP contribution is 2.36. The highest BCUT2D eigenvalue weighted by molar-refractivity contribution is 7.03. The lowest BCUT2D eigenvalue weighted by Crippen LogP contribution is -2.48. The van der Waals surface area contributed by atoms with Gasteiger partial charge in [0, 0.05) is 36.9 Å². The number of benzene rings is 2. The third kappa shape index (κ3) is 4.44. The van der Waals surface area contributed by atoms with Crippen molar-refractivity contribution in [1.29, 1.82) is 0 Å². The molecule has 4 amide bonds. The van der Waals surface area contributed by atoms with Crippen LogP contribution in [0.5, 0.6) is 0 Å². The van der Waals surface area contributed by atoms with Crippen LogP contribution in [0.15, 0.2) is 53.9 Å². The Bertz CT molecular complexity index is 1290. The Morgan fingerprint density at radius 3 is 2.22 bits per heavy atom. The van der Waals surface area contributed by atoms with E-state index in [0.717, 1.165) is 22.1 Å². The van der Waals surface area contributed by atoms with Crippen molar-refractivity contribution in [1.82, 2.24) is 19.4 Å². The third-order valence-electron chi connectivity index (χ3n) is 6.23. The molecular formula is C25H24N6O4S. The van der Waals surface area contributed by atoms with Crippen LogP contribution in [0.2, 0.25) is 0 Å². The molecule has 184 valence electrons. The summed E-state index contributed by atoms with van der Waals surface area (Å²) in [5.41, 5.74) is 2.43. The number of nitrogens with zero attached hydrogens (tertiary/aromatic N) is 5. The van der Waals surface area contributed by atoms with Crippen molar-refractivity contribution in [2.45, 2.75) is 24.9 Å². The largest absolute Gasteiger partial charge is 0.378 e. The van der Waals surface area contributed by atoms with E-state index in [-0.39, 0.29) is 17.2 Å². The Hall–Kier alpha value is -4.12. The van der Waals surface area contributed by atoms with Crippen LogP contribution in [0.3, 0.4) is 0 Å². The number of carbonyl (C=O) groups is 4. The van der Waals surface area contributed by atoms with Crippen LogP contribution in [-0.2, 0) is 9.59 Å². The molecular weight excluding hydrogens is 480 g/mol. The second-order valence-electron chi connectivity index (χ2n) is 8.94. The van der Waals surface area contributed by atoms with E-state index < -0.39 is 36.2 Å². The highest BCUT2D eigenvalue weighted by atomic mass is 32.1. The molecule has 1 aliphatic heterocycles. The smallest absolute Gasteiger partial charge is 0.262 e. The zero-order valence-electron chi connectivity index (χ0n) is 19.7. The number of hydrogen-bond acceptors (Lipinski definition) is 8. The van der Waals surface area contributed by atoms with E-state index in [2.05, 4.69) is 14.9 Å². The van der Waals surface area contributed by atoms with E-state index in [1.54, 1.807) is 41.8 Å². The molecule has 3 aromatic rings. The summed E-state index contributed by atoms with van der Waals surface area (Å²) in [7, 11) is 3.85. The van der Waals surface area contributed by atoms with E-state index >= 15 is 0 Å². The standard InChI is InChI=1S/C25H24N6O4S/c1-29(2)16-9-7-15(8-10-16)26-23(33)22(20-14-36-28-27-20)31(17-11-12-17)21(32)13-30-24(34)18-5-3-4-6-19(18)25(30)35/h3-10,14,17,22H,11-13H2,1-2H3,(H,26,33)/t22-/m0/s1. The average molecular weight is 505 g/mol. The van der Waals surface area contributed by atoms with Gasteiger partial charge in [-0.05, 0) is 60.8 Å². The van der Waals surface area contributed by atoms with Crippen LogP contribution >= 0.6 is 11.5 Å². The topological polar surface area (TPSA) is 116 Å². The summed E-state index contributed by atoms with van der Waals surface area (Å²) in [5, 5.41) is 8.59. The fourth-order valence-electron chi connectivity index (χ4n) is 4.26. The average Bonchev–Trinajstić information content (AvgIpc) is 3.51. The van der Waals surface area contributed by atoms with Crippen LogP contribution in [0.4, 0.5) is 11.4 Å². The van der Waals surface area contributed by atoms with E-state index in [0.29, 0.717) is 24.2 Å². The van der Waals surface area contributed by atoms with Gasteiger partial charge < -0.3 is 15.1 Å². The minimum atomic E-state index is -1.05. The van der Waals surface area contributed by atoms with Crippen molar-refractivity contribution >= 4 is 46.5 Å². The first-order valence-corrected chi connectivity index (χ1v) is 12.3. The zero-order chi connectivity index (χ0) is 25.4. The molecule has 1 aliphatic carbocycles. The summed E-state index contributed by atoms with van der Waals surface area (Å²) in [5.74, 6) is -1.97. The molecule has 0 bridgehead atoms. The molecule has 10 nitrogen and oxygen atoms in total. The number of rotatable bonds is 8. The summed E-state index contributed by atoms with van der Waals surface area (Å²) < 4.78 is 3.89. The number of nitrogens with one attached hydrogen (secondary N) is 1. The van der Waals surface area contributed by atoms with Crippen LogP contribution in [-0.4, -0.2) is 69.7 Å². The lowest BCUT2D eigenvalue weighted by Gasteiger charge is -2.31. The number of anilines is 2. The zero-order valence-corrected chi connectivity index (χ0v) is 20.6. The molecule has 1 N–H and O–H groups in total. The van der Waals surface area contributed by atoms with Gasteiger partial charge >= 0.3 is 0 Å². The van der Waals surface area contributed by atoms with Gasteiger partial charge in [0.2, 0.25) is 5.91 Å². The SMILES string of the molecule is CN(C)c1ccc(NC(=O)[C@H](c2csnn2)N(C(=O)CN2C(=O)c3ccccc3C2=O)C2CC2)cc1. The van der Waals surface area contributed by atoms with Crippen molar-refractivity contribution in [3.63, 3.8) is 0 Å². The summed E-state index contributed by atoms with van der Waals surface area (Å²) >= 11 is 1.08. The number of aromatic nitrogens is 2. The Balaban J connectivity index is 1.40. The first-order valence-electron chi connectivity index (χ1n) is 11.5. The number of fused-ring (bicyclic) bond motifs is 1. The number of hydrogen-bond donors (Lipinski definition) is 1. The van der Waals surface area contributed by atoms with Gasteiger partial charge in [0.15, 0.2) is 6.04 Å². The van der Waals surface area contributed by atoms with Crippen molar-refractivity contribution in [2.24, 2.45) is 0 Å². The van der Waals surface area contributed by atoms with Gasteiger partial charge in [0.05, 0.1) is 11.1 Å². The predicted octanol–water partition coefficient (Wildman–Crippen LogP) is 2.57. The van der Waals surface area contributed by atoms with Gasteiger partial charge in [0.25, 0.3) is 17.7 Å². The second kappa shape index (κ2) is 9.50. The van der Waals surface area contributed by atoms with Gasteiger partial charge in [-0.15, -0.1) is 5.10 Å². The molecule has 1 aromatic heterocycles. The van der Waals surface area contributed by atoms with Gasteiger partial charge in [-0.25, -0.2) is 0 Å². The van der Waals surface area contributed by atoms with Crippen LogP contribution in [0.1, 0.15) is 45.3 Å². The monoisotopic (exact) mass is 504 g/mol. The Morgan fingerprint density at radius 2 is 1.69 bits per heavy atom. The molecule has 2 heterocycles. The molecule has 1 saturated carbocycles. The molecule has 2 aromatic carbocycles. The fourth-order valence-corrected chi connectivity index (χ4v) is 4.73. The van der Waals surface area contributed by atoms with Crippen molar-refractivity contribution in [2.75, 3.05) is 30.9 Å². The molecule has 0 radical (unpaired) electrons. The minimum Gasteiger partial charge on any atom is -0.378 e. The van der Waals surface area contributed by atoms with Gasteiger partial charge in [-0.1, -0.05) is 16.6 Å². The quantitative estimate of drug-likeness (QED) is 0.469. The maximum atomic E-state index is 13.6. The van der Waals surface area contributed by atoms with E-state index in [9.17, 15) is 19.2 Å². The fraction of sp³-hybridized carbons (Fsp3) is 0.280. The second-order valence-corrected chi connectivity index (χ2v) is 9.55. The maximum Gasteiger partial charge on any atom is 0.262 e. The molecule has 2 aliphatic rings. The lowest BCUT2D eigenvalue weighted by atomic mass is 10.1. The van der Waals surface area contributed by atoms with Crippen molar-refractivity contribution in [3.8, 4) is 0 Å². The first kappa shape index (κ1) is 23.6. The third-order valence-corrected chi connectivity index (χ3v) is 6.76. The summed E-state index contributed by atoms with van der Waals surface area (Å²) in [6.45, 7) is -0.457. The Morgan fingerprint density at radius 1 is 1.06 bits per heavy atom. The molecule has 0 spiro atoms. The van der Waals surface area contributed by atoms with E-state index in [1.165, 1.54) is 4.90 Å². The molecule has 36 heavy (non-hydrogen) atoms. The first-order chi connectivity index (χ1) is 17.3. The predicted molar refractivity (Wildman–Crippen MR) is 134 cm³/mol. The minimum absolute atomic E-state index is 0.193. The number of carbonyl (C=O) groups excluding carboxylic acids is 4. The molecule has 5 rings (SSSR count). The van der Waals surface area contributed by atoms with Crippen molar-refractivity contribution < 1.29 is 19.2 Å². The van der Waals surface area contributed by atoms with Crippen LogP contribution in [0.25, 0.3) is 0 Å². The Labute approximate surface area is 211 Å². The molecule has 11 heteroatoms. The maximum absolute atomic E-state index is 13.6. The van der Waals surface area contributed by atoms with Crippen molar-refractivity contribution in [3.05, 3.63) is 70.7 Å². The Kier molecular flexibility index (Phi) is 6.23. The van der Waals surface area contributed by atoms with E-state index in [1.807, 2.05) is 31.1 Å². The molecule has 1 fully saturated rings. The summed E-state index contributed by atoms with van der Waals surface area (Å²) in [4.78, 5) is 57.1. The van der Waals surface area contributed by atoms with Crippen LogP contribution < -0.4 is 10.2 Å². The van der Waals surface area contributed by atoms with Gasteiger partial charge in [-0.3, -0.25) is 24.1 Å². The number of amides is 4. The lowest BCUT2D eigenvalue weighted by molar-refractivity contribution is -0.140. The highest BCUT2D eigenvalue weighted by Gasteiger charge is 2.45. The number of imide groups is 1. The molecule has 0 unspecified atom stereocenters. The molecule has 1 atom stereocenters. The van der Waals surface area contributed by atoms with Crippen LogP contribution in [0, 0.1) is 0 Å². The summed E-state index contributed by atoms with van der Waals surface area (Å²) in [6.07, 6.45) is 1.43.